The zero-order chi connectivity index (χ0) is 15.6. The fourth-order valence-electron chi connectivity index (χ4n) is 1.78. The van der Waals surface area contributed by atoms with Gasteiger partial charge in [-0.3, -0.25) is 14.9 Å². The molecule has 6 nitrogen and oxygen atoms in total. The van der Waals surface area contributed by atoms with Gasteiger partial charge >= 0.3 is 0 Å². The average Bonchev–Trinajstić information content (AvgIpc) is 2.42. The molecule has 0 atom stereocenters. The molecule has 2 N–H and O–H groups in total. The van der Waals surface area contributed by atoms with E-state index in [-0.39, 0.29) is 11.4 Å². The fourth-order valence-corrected chi connectivity index (χ4v) is 1.78. The van der Waals surface area contributed by atoms with Crippen molar-refractivity contribution in [3.05, 3.63) is 63.5 Å². The first kappa shape index (κ1) is 14.4. The van der Waals surface area contributed by atoms with Crippen LogP contribution in [0.2, 0.25) is 0 Å². The van der Waals surface area contributed by atoms with Gasteiger partial charge in [-0.05, 0) is 36.8 Å². The van der Waals surface area contributed by atoms with E-state index < -0.39 is 22.2 Å². The highest BCUT2D eigenvalue weighted by Gasteiger charge is 2.17. The number of nitro groups is 1. The lowest BCUT2D eigenvalue weighted by Gasteiger charge is -2.09. The number of nitrogens with zero attached hydrogens (tertiary/aromatic N) is 1. The molecule has 0 spiro atoms. The molecule has 0 unspecified atom stereocenters. The summed E-state index contributed by atoms with van der Waals surface area (Å²) >= 11 is 0. The molecule has 0 aliphatic rings. The van der Waals surface area contributed by atoms with Gasteiger partial charge in [0.2, 0.25) is 0 Å². The fraction of sp³-hybridized carbons (Fsp3) is 0.0714. The number of aromatic hydroxyl groups is 1. The number of hydrogen-bond acceptors (Lipinski definition) is 4. The van der Waals surface area contributed by atoms with Crippen LogP contribution in [0.5, 0.6) is 5.75 Å². The molecule has 0 radical (unpaired) electrons. The van der Waals surface area contributed by atoms with Crippen LogP contribution in [-0.2, 0) is 0 Å². The van der Waals surface area contributed by atoms with E-state index in [0.717, 1.165) is 18.2 Å². The van der Waals surface area contributed by atoms with Crippen LogP contribution in [0.1, 0.15) is 15.9 Å². The van der Waals surface area contributed by atoms with E-state index in [2.05, 4.69) is 5.32 Å². The van der Waals surface area contributed by atoms with E-state index in [1.54, 1.807) is 6.92 Å². The van der Waals surface area contributed by atoms with Crippen LogP contribution in [0.25, 0.3) is 0 Å². The minimum atomic E-state index is -0.852. The van der Waals surface area contributed by atoms with Gasteiger partial charge in [-0.2, -0.15) is 0 Å². The average molecular weight is 290 g/mol. The Balaban J connectivity index is 2.32. The van der Waals surface area contributed by atoms with Crippen molar-refractivity contribution in [3.63, 3.8) is 0 Å². The molecule has 0 saturated carbocycles. The summed E-state index contributed by atoms with van der Waals surface area (Å²) in [6.07, 6.45) is 0. The number of benzene rings is 2. The Labute approximate surface area is 119 Å². The van der Waals surface area contributed by atoms with Gasteiger partial charge in [-0.25, -0.2) is 4.39 Å². The first-order valence-electron chi connectivity index (χ1n) is 5.93. The van der Waals surface area contributed by atoms with Crippen LogP contribution in [0.3, 0.4) is 0 Å². The van der Waals surface area contributed by atoms with Gasteiger partial charge in [0.15, 0.2) is 0 Å². The molecule has 21 heavy (non-hydrogen) atoms. The molecule has 0 fully saturated rings. The maximum absolute atomic E-state index is 13.6. The second-order valence-electron chi connectivity index (χ2n) is 4.37. The van der Waals surface area contributed by atoms with Crippen molar-refractivity contribution in [3.8, 4) is 5.75 Å². The predicted molar refractivity (Wildman–Crippen MR) is 73.9 cm³/mol. The maximum Gasteiger partial charge on any atom is 0.270 e. The maximum atomic E-state index is 13.6. The third kappa shape index (κ3) is 3.14. The Kier molecular flexibility index (Phi) is 3.84. The highest BCUT2D eigenvalue weighted by molar-refractivity contribution is 6.05. The summed E-state index contributed by atoms with van der Waals surface area (Å²) in [7, 11) is 0. The zero-order valence-electron chi connectivity index (χ0n) is 11.0. The summed E-state index contributed by atoms with van der Waals surface area (Å²) in [5, 5.41) is 22.4. The topological polar surface area (TPSA) is 92.5 Å². The molecule has 0 aliphatic heterocycles. The van der Waals surface area contributed by atoms with Crippen molar-refractivity contribution in [1.82, 2.24) is 0 Å². The number of nitrogens with one attached hydrogen (secondary N) is 1. The first-order valence-corrected chi connectivity index (χ1v) is 5.93. The molecule has 0 heterocycles. The van der Waals surface area contributed by atoms with E-state index in [1.165, 1.54) is 18.2 Å². The molecule has 2 aromatic rings. The van der Waals surface area contributed by atoms with Gasteiger partial charge in [0.05, 0.1) is 10.5 Å². The van der Waals surface area contributed by atoms with Crippen molar-refractivity contribution in [2.24, 2.45) is 0 Å². The summed E-state index contributed by atoms with van der Waals surface area (Å²) in [5.74, 6) is -1.62. The SMILES string of the molecule is Cc1cc(O)ccc1NC(=O)c1cc([N+](=O)[O-])ccc1F. The monoisotopic (exact) mass is 290 g/mol. The summed E-state index contributed by atoms with van der Waals surface area (Å²) in [6, 6.07) is 6.98. The normalized spacial score (nSPS) is 10.2. The molecular weight excluding hydrogens is 279 g/mol. The van der Waals surface area contributed by atoms with Crippen molar-refractivity contribution in [2.75, 3.05) is 5.32 Å². The second kappa shape index (κ2) is 5.58. The van der Waals surface area contributed by atoms with Gasteiger partial charge in [0.25, 0.3) is 11.6 Å². The molecule has 2 aromatic carbocycles. The number of amides is 1. The van der Waals surface area contributed by atoms with Gasteiger partial charge in [-0.1, -0.05) is 0 Å². The molecular formula is C14H11FN2O4. The number of carbonyl (C=O) groups is 1. The smallest absolute Gasteiger partial charge is 0.270 e. The lowest BCUT2D eigenvalue weighted by Crippen LogP contribution is -2.14. The van der Waals surface area contributed by atoms with Crippen molar-refractivity contribution < 1.29 is 19.2 Å². The van der Waals surface area contributed by atoms with E-state index in [1.807, 2.05) is 0 Å². The van der Waals surface area contributed by atoms with Crippen molar-refractivity contribution in [2.45, 2.75) is 6.92 Å². The number of anilines is 1. The summed E-state index contributed by atoms with van der Waals surface area (Å²) < 4.78 is 13.6. The first-order chi connectivity index (χ1) is 9.88. The molecule has 0 bridgehead atoms. The summed E-state index contributed by atoms with van der Waals surface area (Å²) in [6.45, 7) is 1.65. The van der Waals surface area contributed by atoms with Crippen LogP contribution in [0.15, 0.2) is 36.4 Å². The van der Waals surface area contributed by atoms with Crippen LogP contribution >= 0.6 is 0 Å². The standard InChI is InChI=1S/C14H11FN2O4/c1-8-6-10(18)3-5-13(8)16-14(19)11-7-9(17(20)21)2-4-12(11)15/h2-7,18H,1H3,(H,16,19). The van der Waals surface area contributed by atoms with E-state index >= 15 is 0 Å². The van der Waals surface area contributed by atoms with E-state index in [9.17, 15) is 24.4 Å². The molecule has 0 saturated heterocycles. The molecule has 0 aromatic heterocycles. The number of phenols is 1. The minimum Gasteiger partial charge on any atom is -0.508 e. The Hall–Kier alpha value is -2.96. The zero-order valence-corrected chi connectivity index (χ0v) is 11.0. The summed E-state index contributed by atoms with van der Waals surface area (Å²) in [4.78, 5) is 22.0. The minimum absolute atomic E-state index is 0.0343. The van der Waals surface area contributed by atoms with Crippen LogP contribution in [0, 0.1) is 22.9 Å². The quantitative estimate of drug-likeness (QED) is 0.516. The third-order valence-electron chi connectivity index (χ3n) is 2.86. The number of phenolic OH excluding ortho intramolecular Hbond substituents is 1. The van der Waals surface area contributed by atoms with Gasteiger partial charge in [0, 0.05) is 17.8 Å². The predicted octanol–water partition coefficient (Wildman–Crippen LogP) is 3.00. The van der Waals surface area contributed by atoms with Gasteiger partial charge < -0.3 is 10.4 Å². The Bertz CT molecular complexity index is 731. The van der Waals surface area contributed by atoms with Crippen LogP contribution in [0.4, 0.5) is 15.8 Å². The van der Waals surface area contributed by atoms with Crippen molar-refractivity contribution >= 4 is 17.3 Å². The number of hydrogen-bond donors (Lipinski definition) is 2. The second-order valence-corrected chi connectivity index (χ2v) is 4.37. The molecule has 1 amide bonds. The van der Waals surface area contributed by atoms with Crippen molar-refractivity contribution in [1.29, 1.82) is 0 Å². The van der Waals surface area contributed by atoms with Crippen LogP contribution < -0.4 is 5.32 Å². The number of carbonyl (C=O) groups excluding carboxylic acids is 1. The molecule has 108 valence electrons. The number of rotatable bonds is 3. The highest BCUT2D eigenvalue weighted by atomic mass is 19.1. The van der Waals surface area contributed by atoms with Crippen LogP contribution in [-0.4, -0.2) is 15.9 Å². The Morgan fingerprint density at radius 2 is 2.00 bits per heavy atom. The number of halogens is 1. The van der Waals surface area contributed by atoms with E-state index in [4.69, 9.17) is 0 Å². The lowest BCUT2D eigenvalue weighted by molar-refractivity contribution is -0.384. The molecule has 0 aliphatic carbocycles. The molecule has 2 rings (SSSR count). The number of aryl methyl sites for hydroxylation is 1. The number of nitro benzene ring substituents is 1. The summed E-state index contributed by atoms with van der Waals surface area (Å²) in [5.41, 5.74) is 0.165. The lowest BCUT2D eigenvalue weighted by atomic mass is 10.1. The Morgan fingerprint density at radius 3 is 2.62 bits per heavy atom. The third-order valence-corrected chi connectivity index (χ3v) is 2.86. The highest BCUT2D eigenvalue weighted by Crippen LogP contribution is 2.22. The van der Waals surface area contributed by atoms with E-state index in [0.29, 0.717) is 11.3 Å². The van der Waals surface area contributed by atoms with Gasteiger partial charge in [-0.15, -0.1) is 0 Å². The molecule has 7 heteroatoms. The van der Waals surface area contributed by atoms with Gasteiger partial charge in [0.1, 0.15) is 11.6 Å². The largest absolute Gasteiger partial charge is 0.508 e. The Morgan fingerprint density at radius 1 is 1.29 bits per heavy atom. The number of non-ortho nitro benzene ring substituents is 1.